The minimum atomic E-state index is -0.939. The predicted octanol–water partition coefficient (Wildman–Crippen LogP) is 2.17. The summed E-state index contributed by atoms with van der Waals surface area (Å²) in [6.45, 7) is 4.76. The van der Waals surface area contributed by atoms with Crippen molar-refractivity contribution in [2.45, 2.75) is 38.3 Å². The van der Waals surface area contributed by atoms with Gasteiger partial charge in [0, 0.05) is 29.7 Å². The van der Waals surface area contributed by atoms with Gasteiger partial charge in [0.25, 0.3) is 0 Å². The van der Waals surface area contributed by atoms with Crippen molar-refractivity contribution in [1.29, 1.82) is 0 Å². The van der Waals surface area contributed by atoms with Crippen LogP contribution in [0.2, 0.25) is 0 Å². The lowest BCUT2D eigenvalue weighted by Crippen LogP contribution is -2.81. The summed E-state index contributed by atoms with van der Waals surface area (Å²) in [7, 11) is 3.14. The summed E-state index contributed by atoms with van der Waals surface area (Å²) in [5.74, 6) is 1.06. The molecule has 1 aliphatic carbocycles. The highest BCUT2D eigenvalue weighted by atomic mass is 16.5. The molecule has 3 rings (SSSR count). The molecule has 6 heteroatoms. The van der Waals surface area contributed by atoms with Crippen molar-refractivity contribution in [2.75, 3.05) is 26.1 Å². The number of methoxy groups -OCH3 is 2. The van der Waals surface area contributed by atoms with Gasteiger partial charge in [-0.05, 0) is 25.0 Å². The number of nitrogens with one attached hydrogen (secondary N) is 1. The van der Waals surface area contributed by atoms with Crippen LogP contribution in [0.5, 0.6) is 11.5 Å². The van der Waals surface area contributed by atoms with E-state index in [0.717, 1.165) is 19.4 Å². The second kappa shape index (κ2) is 5.93. The van der Waals surface area contributed by atoms with E-state index in [2.05, 4.69) is 5.32 Å². The molecule has 132 valence electrons. The van der Waals surface area contributed by atoms with Crippen molar-refractivity contribution < 1.29 is 19.0 Å². The van der Waals surface area contributed by atoms with Crippen molar-refractivity contribution in [3.05, 3.63) is 18.2 Å². The Balaban J connectivity index is 1.82. The first kappa shape index (κ1) is 17.0. The van der Waals surface area contributed by atoms with Gasteiger partial charge in [0.05, 0.1) is 20.3 Å². The summed E-state index contributed by atoms with van der Waals surface area (Å²) in [5, 5.41) is 2.94. The Labute approximate surface area is 142 Å². The fourth-order valence-electron chi connectivity index (χ4n) is 4.19. The van der Waals surface area contributed by atoms with Crippen LogP contribution in [0.3, 0.4) is 0 Å². The fraction of sp³-hybridized carbons (Fsp3) is 0.611. The van der Waals surface area contributed by atoms with Crippen LogP contribution < -0.4 is 20.5 Å². The lowest BCUT2D eigenvalue weighted by Gasteiger charge is -2.65. The van der Waals surface area contributed by atoms with Crippen molar-refractivity contribution in [3.63, 3.8) is 0 Å². The molecular formula is C18H26N2O4. The molecular weight excluding hydrogens is 308 g/mol. The Kier molecular flexibility index (Phi) is 4.21. The van der Waals surface area contributed by atoms with Crippen LogP contribution in [-0.4, -0.2) is 38.4 Å². The number of rotatable bonds is 4. The molecule has 2 aliphatic rings. The Morgan fingerprint density at radius 3 is 2.67 bits per heavy atom. The number of hydrogen-bond donors (Lipinski definition) is 2. The summed E-state index contributed by atoms with van der Waals surface area (Å²) in [6, 6.07) is 5.28. The van der Waals surface area contributed by atoms with Gasteiger partial charge in [0.15, 0.2) is 11.5 Å². The van der Waals surface area contributed by atoms with Crippen LogP contribution in [0.1, 0.15) is 26.7 Å². The van der Waals surface area contributed by atoms with E-state index in [4.69, 9.17) is 19.9 Å². The van der Waals surface area contributed by atoms with E-state index in [1.807, 2.05) is 13.8 Å². The molecule has 1 saturated heterocycles. The zero-order chi connectivity index (χ0) is 17.5. The SMILES string of the molecule is COc1ccc(NC(=O)C2(N)C3CCCOC3C2(C)C)cc1OC. The molecule has 1 amide bonds. The second-order valence-electron chi connectivity index (χ2n) is 7.15. The molecule has 0 spiro atoms. The highest BCUT2D eigenvalue weighted by Gasteiger charge is 2.70. The zero-order valence-corrected chi connectivity index (χ0v) is 14.7. The first-order chi connectivity index (χ1) is 11.4. The average Bonchev–Trinajstić information content (AvgIpc) is 2.60. The average molecular weight is 334 g/mol. The minimum absolute atomic E-state index is 0.0485. The van der Waals surface area contributed by atoms with E-state index in [9.17, 15) is 4.79 Å². The largest absolute Gasteiger partial charge is 0.493 e. The molecule has 0 radical (unpaired) electrons. The standard InChI is InChI=1S/C18H26N2O4/c1-17(2)15-12(6-5-9-24-15)18(17,19)16(21)20-11-7-8-13(22-3)14(10-11)23-4/h7-8,10,12,15H,5-6,9,19H2,1-4H3,(H,20,21). The maximum absolute atomic E-state index is 13.0. The lowest BCUT2D eigenvalue weighted by molar-refractivity contribution is -0.222. The fourth-order valence-corrected chi connectivity index (χ4v) is 4.19. The number of nitrogens with two attached hydrogens (primary N) is 1. The normalized spacial score (nSPS) is 30.7. The van der Waals surface area contributed by atoms with E-state index in [1.54, 1.807) is 32.4 Å². The van der Waals surface area contributed by atoms with E-state index in [1.165, 1.54) is 0 Å². The highest BCUT2D eigenvalue weighted by Crippen LogP contribution is 2.57. The number of carbonyl (C=O) groups is 1. The van der Waals surface area contributed by atoms with Gasteiger partial charge in [0.1, 0.15) is 5.54 Å². The number of amides is 1. The molecule has 1 aromatic rings. The summed E-state index contributed by atoms with van der Waals surface area (Å²) in [5.41, 5.74) is 5.90. The molecule has 3 N–H and O–H groups in total. The van der Waals surface area contributed by atoms with E-state index < -0.39 is 11.0 Å². The molecule has 0 bridgehead atoms. The van der Waals surface area contributed by atoms with Gasteiger partial charge >= 0.3 is 0 Å². The Morgan fingerprint density at radius 2 is 2.00 bits per heavy atom. The molecule has 3 atom stereocenters. The van der Waals surface area contributed by atoms with Crippen LogP contribution in [0, 0.1) is 11.3 Å². The molecule has 0 aromatic heterocycles. The number of hydrogen-bond acceptors (Lipinski definition) is 5. The Bertz CT molecular complexity index is 646. The van der Waals surface area contributed by atoms with Crippen LogP contribution in [0.15, 0.2) is 18.2 Å². The third-order valence-electron chi connectivity index (χ3n) is 5.70. The minimum Gasteiger partial charge on any atom is -0.493 e. The third kappa shape index (κ3) is 2.28. The summed E-state index contributed by atoms with van der Waals surface area (Å²) in [6.07, 6.45) is 1.91. The Hall–Kier alpha value is -1.79. The monoisotopic (exact) mass is 334 g/mol. The zero-order valence-electron chi connectivity index (χ0n) is 14.7. The van der Waals surface area contributed by atoms with E-state index in [-0.39, 0.29) is 17.9 Å². The van der Waals surface area contributed by atoms with Crippen molar-refractivity contribution in [1.82, 2.24) is 0 Å². The maximum Gasteiger partial charge on any atom is 0.245 e. The number of fused-ring (bicyclic) bond motifs is 1. The Morgan fingerprint density at radius 1 is 1.29 bits per heavy atom. The highest BCUT2D eigenvalue weighted by molar-refractivity contribution is 6.00. The van der Waals surface area contributed by atoms with Gasteiger partial charge < -0.3 is 25.3 Å². The van der Waals surface area contributed by atoms with Gasteiger partial charge in [-0.1, -0.05) is 13.8 Å². The van der Waals surface area contributed by atoms with E-state index >= 15 is 0 Å². The molecule has 6 nitrogen and oxygen atoms in total. The van der Waals surface area contributed by atoms with Crippen LogP contribution in [0.4, 0.5) is 5.69 Å². The maximum atomic E-state index is 13.0. The van der Waals surface area contributed by atoms with Crippen molar-refractivity contribution in [3.8, 4) is 11.5 Å². The van der Waals surface area contributed by atoms with Crippen molar-refractivity contribution in [2.24, 2.45) is 17.1 Å². The van der Waals surface area contributed by atoms with Gasteiger partial charge in [-0.15, -0.1) is 0 Å². The molecule has 1 saturated carbocycles. The molecule has 24 heavy (non-hydrogen) atoms. The molecule has 1 aromatic carbocycles. The van der Waals surface area contributed by atoms with Crippen LogP contribution in [0.25, 0.3) is 0 Å². The number of benzene rings is 1. The quantitative estimate of drug-likeness (QED) is 0.882. The van der Waals surface area contributed by atoms with Gasteiger partial charge in [-0.25, -0.2) is 0 Å². The number of anilines is 1. The molecule has 2 fully saturated rings. The smallest absolute Gasteiger partial charge is 0.245 e. The summed E-state index contributed by atoms with van der Waals surface area (Å²) >= 11 is 0. The van der Waals surface area contributed by atoms with Crippen LogP contribution >= 0.6 is 0 Å². The van der Waals surface area contributed by atoms with Crippen LogP contribution in [-0.2, 0) is 9.53 Å². The van der Waals surface area contributed by atoms with E-state index in [0.29, 0.717) is 17.2 Å². The van der Waals surface area contributed by atoms with Crippen molar-refractivity contribution >= 4 is 11.6 Å². The lowest BCUT2D eigenvalue weighted by atomic mass is 9.46. The molecule has 1 heterocycles. The predicted molar refractivity (Wildman–Crippen MR) is 91.3 cm³/mol. The van der Waals surface area contributed by atoms with Gasteiger partial charge in [0.2, 0.25) is 5.91 Å². The topological polar surface area (TPSA) is 82.8 Å². The first-order valence-corrected chi connectivity index (χ1v) is 8.30. The van der Waals surface area contributed by atoms with Gasteiger partial charge in [-0.3, -0.25) is 4.79 Å². The molecule has 3 unspecified atom stereocenters. The second-order valence-corrected chi connectivity index (χ2v) is 7.15. The third-order valence-corrected chi connectivity index (χ3v) is 5.70. The number of ether oxygens (including phenoxy) is 3. The first-order valence-electron chi connectivity index (χ1n) is 8.30. The number of carbonyl (C=O) groups excluding carboxylic acids is 1. The van der Waals surface area contributed by atoms with Gasteiger partial charge in [-0.2, -0.15) is 0 Å². The summed E-state index contributed by atoms with van der Waals surface area (Å²) in [4.78, 5) is 13.0. The molecule has 1 aliphatic heterocycles. The summed E-state index contributed by atoms with van der Waals surface area (Å²) < 4.78 is 16.4.